The highest BCUT2D eigenvalue weighted by molar-refractivity contribution is 4.85. The van der Waals surface area contributed by atoms with Gasteiger partial charge in [-0.25, -0.2) is 0 Å². The van der Waals surface area contributed by atoms with Crippen molar-refractivity contribution in [1.82, 2.24) is 4.90 Å². The number of nitrogens with zero attached hydrogens (tertiary/aromatic N) is 1. The minimum absolute atomic E-state index is 0.424. The Morgan fingerprint density at radius 1 is 1.33 bits per heavy atom. The van der Waals surface area contributed by atoms with Gasteiger partial charge in [0.1, 0.15) is 0 Å². The average Bonchev–Trinajstić information content (AvgIpc) is 2.02. The van der Waals surface area contributed by atoms with Gasteiger partial charge >= 0.3 is 0 Å². The molecular formula is C10H22N2. The lowest BCUT2D eigenvalue weighted by Gasteiger charge is -2.42. The topological polar surface area (TPSA) is 29.3 Å². The highest BCUT2D eigenvalue weighted by atomic mass is 15.2. The number of piperidine rings is 1. The summed E-state index contributed by atoms with van der Waals surface area (Å²) in [7, 11) is 0. The van der Waals surface area contributed by atoms with Gasteiger partial charge in [0, 0.05) is 5.54 Å². The molecule has 72 valence electrons. The lowest BCUT2D eigenvalue weighted by atomic mass is 9.90. The van der Waals surface area contributed by atoms with E-state index in [1.54, 1.807) is 0 Å². The maximum Gasteiger partial charge on any atom is 0.0153 e. The van der Waals surface area contributed by atoms with Gasteiger partial charge in [0.15, 0.2) is 0 Å². The van der Waals surface area contributed by atoms with Gasteiger partial charge < -0.3 is 5.73 Å². The van der Waals surface area contributed by atoms with Crippen LogP contribution in [0.3, 0.4) is 0 Å². The summed E-state index contributed by atoms with van der Waals surface area (Å²) in [6.45, 7) is 7.98. The Kier molecular flexibility index (Phi) is 3.53. The second-order valence-electron chi connectivity index (χ2n) is 4.40. The molecule has 1 fully saturated rings. The molecule has 0 amide bonds. The van der Waals surface area contributed by atoms with Crippen LogP contribution in [-0.2, 0) is 0 Å². The first-order valence-corrected chi connectivity index (χ1v) is 5.12. The molecule has 0 aromatic carbocycles. The third-order valence-electron chi connectivity index (χ3n) is 2.95. The minimum Gasteiger partial charge on any atom is -0.330 e. The molecule has 2 N–H and O–H groups in total. The normalized spacial score (nSPS) is 24.2. The van der Waals surface area contributed by atoms with Crippen LogP contribution in [0.15, 0.2) is 0 Å². The van der Waals surface area contributed by atoms with Crippen LogP contribution in [0.1, 0.15) is 39.5 Å². The standard InChI is InChI=1S/C10H22N2/c1-10(2)6-3-4-8-12(10)9-5-7-11/h3-9,11H2,1-2H3. The van der Waals surface area contributed by atoms with Crippen LogP contribution < -0.4 is 5.73 Å². The highest BCUT2D eigenvalue weighted by Crippen LogP contribution is 2.26. The largest absolute Gasteiger partial charge is 0.330 e. The maximum absolute atomic E-state index is 5.51. The molecular weight excluding hydrogens is 148 g/mol. The zero-order valence-corrected chi connectivity index (χ0v) is 8.47. The van der Waals surface area contributed by atoms with Crippen molar-refractivity contribution >= 4 is 0 Å². The summed E-state index contributed by atoms with van der Waals surface area (Å²) in [5, 5.41) is 0. The molecule has 0 saturated carbocycles. The molecule has 0 aliphatic carbocycles. The van der Waals surface area contributed by atoms with Crippen molar-refractivity contribution in [3.05, 3.63) is 0 Å². The Morgan fingerprint density at radius 2 is 2.08 bits per heavy atom. The van der Waals surface area contributed by atoms with Crippen molar-refractivity contribution < 1.29 is 0 Å². The van der Waals surface area contributed by atoms with Gasteiger partial charge in [0.2, 0.25) is 0 Å². The summed E-state index contributed by atoms with van der Waals surface area (Å²) in [4.78, 5) is 2.59. The average molecular weight is 170 g/mol. The number of nitrogens with two attached hydrogens (primary N) is 1. The Labute approximate surface area is 76.1 Å². The molecule has 1 rings (SSSR count). The van der Waals surface area contributed by atoms with Crippen LogP contribution in [-0.4, -0.2) is 30.1 Å². The zero-order valence-electron chi connectivity index (χ0n) is 8.47. The van der Waals surface area contributed by atoms with Gasteiger partial charge in [-0.2, -0.15) is 0 Å². The fourth-order valence-corrected chi connectivity index (χ4v) is 2.02. The molecule has 0 bridgehead atoms. The first-order valence-electron chi connectivity index (χ1n) is 5.12. The van der Waals surface area contributed by atoms with Crippen LogP contribution in [0.5, 0.6) is 0 Å². The van der Waals surface area contributed by atoms with E-state index in [4.69, 9.17) is 5.73 Å². The fourth-order valence-electron chi connectivity index (χ4n) is 2.02. The molecule has 2 heteroatoms. The third-order valence-corrected chi connectivity index (χ3v) is 2.95. The summed E-state index contributed by atoms with van der Waals surface area (Å²) in [6, 6.07) is 0. The van der Waals surface area contributed by atoms with E-state index in [1.807, 2.05) is 0 Å². The van der Waals surface area contributed by atoms with E-state index in [0.29, 0.717) is 5.54 Å². The van der Waals surface area contributed by atoms with Gasteiger partial charge in [-0.3, -0.25) is 4.90 Å². The molecule has 0 radical (unpaired) electrons. The summed E-state index contributed by atoms with van der Waals surface area (Å²) in [6.07, 6.45) is 5.25. The van der Waals surface area contributed by atoms with Crippen LogP contribution in [0.2, 0.25) is 0 Å². The van der Waals surface area contributed by atoms with Crippen LogP contribution in [0.25, 0.3) is 0 Å². The Bertz CT molecular complexity index is 132. The van der Waals surface area contributed by atoms with E-state index >= 15 is 0 Å². The molecule has 0 spiro atoms. The lowest BCUT2D eigenvalue weighted by molar-refractivity contribution is 0.0766. The van der Waals surface area contributed by atoms with E-state index in [1.165, 1.54) is 32.4 Å². The Hall–Kier alpha value is -0.0800. The molecule has 0 aromatic rings. The van der Waals surface area contributed by atoms with E-state index < -0.39 is 0 Å². The second kappa shape index (κ2) is 4.24. The van der Waals surface area contributed by atoms with Gasteiger partial charge in [-0.1, -0.05) is 6.42 Å². The third kappa shape index (κ3) is 2.46. The second-order valence-corrected chi connectivity index (χ2v) is 4.40. The number of rotatable bonds is 3. The predicted molar refractivity (Wildman–Crippen MR) is 53.2 cm³/mol. The van der Waals surface area contributed by atoms with E-state index in [-0.39, 0.29) is 0 Å². The quantitative estimate of drug-likeness (QED) is 0.697. The molecule has 12 heavy (non-hydrogen) atoms. The zero-order chi connectivity index (χ0) is 9.03. The number of hydrogen-bond acceptors (Lipinski definition) is 2. The summed E-state index contributed by atoms with van der Waals surface area (Å²) < 4.78 is 0. The molecule has 0 atom stereocenters. The monoisotopic (exact) mass is 170 g/mol. The summed E-state index contributed by atoms with van der Waals surface area (Å²) in [5.41, 5.74) is 5.93. The van der Waals surface area contributed by atoms with Crippen molar-refractivity contribution in [2.75, 3.05) is 19.6 Å². The van der Waals surface area contributed by atoms with Crippen molar-refractivity contribution in [2.45, 2.75) is 45.1 Å². The first kappa shape index (κ1) is 10.0. The van der Waals surface area contributed by atoms with Crippen molar-refractivity contribution in [2.24, 2.45) is 5.73 Å². The number of hydrogen-bond donors (Lipinski definition) is 1. The van der Waals surface area contributed by atoms with Gasteiger partial charge in [-0.05, 0) is 52.7 Å². The van der Waals surface area contributed by atoms with E-state index in [2.05, 4.69) is 18.7 Å². The van der Waals surface area contributed by atoms with Gasteiger partial charge in [0.25, 0.3) is 0 Å². The highest BCUT2D eigenvalue weighted by Gasteiger charge is 2.28. The first-order chi connectivity index (χ1) is 5.67. The molecule has 1 aliphatic heterocycles. The predicted octanol–water partition coefficient (Wildman–Crippen LogP) is 1.60. The molecule has 0 unspecified atom stereocenters. The van der Waals surface area contributed by atoms with Gasteiger partial charge in [0.05, 0.1) is 0 Å². The van der Waals surface area contributed by atoms with Crippen LogP contribution in [0, 0.1) is 0 Å². The molecule has 0 aromatic heterocycles. The molecule has 1 saturated heterocycles. The Morgan fingerprint density at radius 3 is 2.67 bits per heavy atom. The molecule has 2 nitrogen and oxygen atoms in total. The Balaban J connectivity index is 2.37. The fraction of sp³-hybridized carbons (Fsp3) is 1.00. The molecule has 1 aliphatic rings. The van der Waals surface area contributed by atoms with E-state index in [9.17, 15) is 0 Å². The lowest BCUT2D eigenvalue weighted by Crippen LogP contribution is -2.48. The summed E-state index contributed by atoms with van der Waals surface area (Å²) >= 11 is 0. The molecule has 1 heterocycles. The SMILES string of the molecule is CC1(C)CCCCN1CCCN. The number of likely N-dealkylation sites (tertiary alicyclic amines) is 1. The van der Waals surface area contributed by atoms with Crippen molar-refractivity contribution in [3.63, 3.8) is 0 Å². The maximum atomic E-state index is 5.51. The van der Waals surface area contributed by atoms with Crippen LogP contribution >= 0.6 is 0 Å². The van der Waals surface area contributed by atoms with Crippen molar-refractivity contribution in [1.29, 1.82) is 0 Å². The van der Waals surface area contributed by atoms with Gasteiger partial charge in [-0.15, -0.1) is 0 Å². The minimum atomic E-state index is 0.424. The van der Waals surface area contributed by atoms with E-state index in [0.717, 1.165) is 13.0 Å². The smallest absolute Gasteiger partial charge is 0.0153 e. The van der Waals surface area contributed by atoms with Crippen molar-refractivity contribution in [3.8, 4) is 0 Å². The summed E-state index contributed by atoms with van der Waals surface area (Å²) in [5.74, 6) is 0. The van der Waals surface area contributed by atoms with Crippen LogP contribution in [0.4, 0.5) is 0 Å².